The Bertz CT molecular complexity index is 606. The zero-order valence-electron chi connectivity index (χ0n) is 18.6. The van der Waals surface area contributed by atoms with E-state index in [4.69, 9.17) is 16.3 Å². The monoisotopic (exact) mass is 427 g/mol. The second kappa shape index (κ2) is 14.5. The van der Waals surface area contributed by atoms with Crippen molar-refractivity contribution < 1.29 is 23.9 Å². The Hall–Kier alpha value is -2.49. The van der Waals surface area contributed by atoms with E-state index in [2.05, 4.69) is 15.7 Å². The quantitative estimate of drug-likeness (QED) is 0.133. The number of hydrazone groups is 1. The predicted octanol–water partition coefficient (Wildman–Crippen LogP) is 0.232. The summed E-state index contributed by atoms with van der Waals surface area (Å²) in [6, 6.07) is -2.64. The van der Waals surface area contributed by atoms with E-state index in [0.717, 1.165) is 6.21 Å². The van der Waals surface area contributed by atoms with E-state index >= 15 is 0 Å². The van der Waals surface area contributed by atoms with Gasteiger partial charge in [-0.3, -0.25) is 14.4 Å². The maximum Gasteiger partial charge on any atom is 0.328 e. The van der Waals surface area contributed by atoms with Gasteiger partial charge in [0, 0.05) is 6.42 Å². The maximum absolute atomic E-state index is 12.8. The number of nitrogens with zero attached hydrogens (tertiary/aromatic N) is 1. The molecule has 0 aromatic rings. The summed E-state index contributed by atoms with van der Waals surface area (Å²) >= 11 is 0. The third-order valence-electron chi connectivity index (χ3n) is 4.19. The first-order valence-corrected chi connectivity index (χ1v) is 10.3. The molecule has 3 atom stereocenters. The van der Waals surface area contributed by atoms with Crippen molar-refractivity contribution in [3.05, 3.63) is 0 Å². The molecule has 0 aliphatic heterocycles. The molecule has 0 heterocycles. The zero-order chi connectivity index (χ0) is 23.3. The fourth-order valence-electron chi connectivity index (χ4n) is 2.79. The van der Waals surface area contributed by atoms with Crippen molar-refractivity contribution >= 4 is 29.8 Å². The third-order valence-corrected chi connectivity index (χ3v) is 4.19. The molecule has 10 heteroatoms. The van der Waals surface area contributed by atoms with Crippen LogP contribution in [0.2, 0.25) is 0 Å². The average Bonchev–Trinajstić information content (AvgIpc) is 2.63. The highest BCUT2D eigenvalue weighted by Gasteiger charge is 2.29. The van der Waals surface area contributed by atoms with Gasteiger partial charge in [-0.2, -0.15) is 5.10 Å². The van der Waals surface area contributed by atoms with Crippen LogP contribution in [0.5, 0.6) is 0 Å². The lowest BCUT2D eigenvalue weighted by molar-refractivity contribution is -0.148. The fourth-order valence-corrected chi connectivity index (χ4v) is 2.79. The second-order valence-electron chi connectivity index (χ2n) is 8.02. The molecule has 0 saturated heterocycles. The van der Waals surface area contributed by atoms with Gasteiger partial charge >= 0.3 is 5.97 Å². The minimum absolute atomic E-state index is 0.0185. The lowest BCUT2D eigenvalue weighted by Gasteiger charge is -2.25. The van der Waals surface area contributed by atoms with E-state index in [0.29, 0.717) is 12.8 Å². The molecule has 0 bridgehead atoms. The normalized spacial score (nSPS) is 14.4. The Morgan fingerprint density at radius 2 is 1.53 bits per heavy atom. The SMILES string of the molecule is CCOC(=O)[C@H](CCC(=O)C=NN)NC(=O)[C@H](CC(C)C)NC(=O)[C@@H](N)CC(C)C. The standard InChI is InChI=1S/C20H37N5O5/c1-6-30-20(29)16(8-7-14(26)11-23-22)24-19(28)17(10-13(4)5)25-18(27)15(21)9-12(2)3/h11-13,15-17H,6-10,21-22H2,1-5H3,(H,24,28)(H,25,27)/t15-,16-,17-/m0/s1. The summed E-state index contributed by atoms with van der Waals surface area (Å²) in [5.41, 5.74) is 5.92. The van der Waals surface area contributed by atoms with Gasteiger partial charge in [0.05, 0.1) is 18.9 Å². The molecule has 0 spiro atoms. The molecule has 2 amide bonds. The Kier molecular flexibility index (Phi) is 13.3. The van der Waals surface area contributed by atoms with Crippen molar-refractivity contribution in [2.24, 2.45) is 28.5 Å². The summed E-state index contributed by atoms with van der Waals surface area (Å²) in [6.45, 7) is 9.49. The summed E-state index contributed by atoms with van der Waals surface area (Å²) in [5.74, 6) is 3.28. The smallest absolute Gasteiger partial charge is 0.328 e. The van der Waals surface area contributed by atoms with E-state index in [1.807, 2.05) is 27.7 Å². The van der Waals surface area contributed by atoms with E-state index in [1.54, 1.807) is 6.92 Å². The minimum Gasteiger partial charge on any atom is -0.464 e. The van der Waals surface area contributed by atoms with E-state index in [-0.39, 0.29) is 37.1 Å². The topological polar surface area (TPSA) is 166 Å². The van der Waals surface area contributed by atoms with Crippen LogP contribution in [0, 0.1) is 11.8 Å². The number of amides is 2. The van der Waals surface area contributed by atoms with Crippen molar-refractivity contribution in [3.8, 4) is 0 Å². The summed E-state index contributed by atoms with van der Waals surface area (Å²) < 4.78 is 4.99. The van der Waals surface area contributed by atoms with E-state index in [1.165, 1.54) is 0 Å². The lowest BCUT2D eigenvalue weighted by atomic mass is 10.00. The number of hydrogen-bond acceptors (Lipinski definition) is 8. The third kappa shape index (κ3) is 11.5. The predicted molar refractivity (Wildman–Crippen MR) is 114 cm³/mol. The highest BCUT2D eigenvalue weighted by atomic mass is 16.5. The van der Waals surface area contributed by atoms with Crippen LogP contribution in [0.3, 0.4) is 0 Å². The number of rotatable bonds is 14. The number of ketones is 1. The molecule has 0 radical (unpaired) electrons. The van der Waals surface area contributed by atoms with Crippen LogP contribution >= 0.6 is 0 Å². The van der Waals surface area contributed by atoms with Crippen molar-refractivity contribution in [2.75, 3.05) is 6.61 Å². The van der Waals surface area contributed by atoms with Crippen LogP contribution in [0.25, 0.3) is 0 Å². The molecule has 0 saturated carbocycles. The molecular formula is C20H37N5O5. The van der Waals surface area contributed by atoms with Crippen LogP contribution < -0.4 is 22.2 Å². The number of ether oxygens (including phenoxy) is 1. The van der Waals surface area contributed by atoms with Gasteiger partial charge in [-0.05, 0) is 38.0 Å². The van der Waals surface area contributed by atoms with Crippen LogP contribution in [-0.4, -0.2) is 54.5 Å². The number of carbonyl (C=O) groups excluding carboxylic acids is 4. The lowest BCUT2D eigenvalue weighted by Crippen LogP contribution is -2.55. The second-order valence-corrected chi connectivity index (χ2v) is 8.02. The molecular weight excluding hydrogens is 390 g/mol. The van der Waals surface area contributed by atoms with Gasteiger partial charge in [0.25, 0.3) is 0 Å². The van der Waals surface area contributed by atoms with E-state index in [9.17, 15) is 19.2 Å². The van der Waals surface area contributed by atoms with Gasteiger partial charge in [0.15, 0.2) is 5.78 Å². The molecule has 30 heavy (non-hydrogen) atoms. The first-order valence-electron chi connectivity index (χ1n) is 10.3. The Morgan fingerprint density at radius 1 is 0.967 bits per heavy atom. The summed E-state index contributed by atoms with van der Waals surface area (Å²) in [6.07, 6.45) is 1.76. The van der Waals surface area contributed by atoms with Gasteiger partial charge in [0.2, 0.25) is 11.8 Å². The van der Waals surface area contributed by atoms with Crippen LogP contribution in [0.4, 0.5) is 0 Å². The number of carbonyl (C=O) groups is 4. The highest BCUT2D eigenvalue weighted by Crippen LogP contribution is 2.09. The molecule has 0 aliphatic rings. The number of nitrogens with one attached hydrogen (secondary N) is 2. The summed E-state index contributed by atoms with van der Waals surface area (Å²) in [4.78, 5) is 49.1. The molecule has 172 valence electrons. The molecule has 0 aromatic heterocycles. The van der Waals surface area contributed by atoms with Crippen molar-refractivity contribution in [1.82, 2.24) is 10.6 Å². The maximum atomic E-state index is 12.8. The minimum atomic E-state index is -1.04. The van der Waals surface area contributed by atoms with Crippen molar-refractivity contribution in [1.29, 1.82) is 0 Å². The average molecular weight is 428 g/mol. The first-order chi connectivity index (χ1) is 14.0. The van der Waals surface area contributed by atoms with Crippen LogP contribution in [-0.2, 0) is 23.9 Å². The van der Waals surface area contributed by atoms with Gasteiger partial charge in [-0.15, -0.1) is 0 Å². The Morgan fingerprint density at radius 3 is 2.03 bits per heavy atom. The highest BCUT2D eigenvalue weighted by molar-refractivity contribution is 6.27. The van der Waals surface area contributed by atoms with Crippen molar-refractivity contribution in [2.45, 2.75) is 78.4 Å². The van der Waals surface area contributed by atoms with Gasteiger partial charge < -0.3 is 26.9 Å². The zero-order valence-corrected chi connectivity index (χ0v) is 18.6. The van der Waals surface area contributed by atoms with E-state index < -0.39 is 35.9 Å². The van der Waals surface area contributed by atoms with Gasteiger partial charge in [-0.1, -0.05) is 27.7 Å². The molecule has 10 nitrogen and oxygen atoms in total. The largest absolute Gasteiger partial charge is 0.464 e. The number of Topliss-reactive ketones (excluding diaryl/α,β-unsaturated/α-hetero) is 1. The Labute approximate surface area is 178 Å². The summed E-state index contributed by atoms with van der Waals surface area (Å²) in [7, 11) is 0. The molecule has 0 aromatic carbocycles. The molecule has 0 aliphatic carbocycles. The fraction of sp³-hybridized carbons (Fsp3) is 0.750. The van der Waals surface area contributed by atoms with Crippen LogP contribution in [0.1, 0.15) is 60.3 Å². The molecule has 0 rings (SSSR count). The first kappa shape index (κ1) is 27.5. The summed E-state index contributed by atoms with van der Waals surface area (Å²) in [5, 5.41) is 8.42. The number of esters is 1. The molecule has 0 fully saturated rings. The number of hydrogen-bond donors (Lipinski definition) is 4. The molecule has 0 unspecified atom stereocenters. The van der Waals surface area contributed by atoms with Gasteiger partial charge in [0.1, 0.15) is 12.1 Å². The Balaban J connectivity index is 5.27. The van der Waals surface area contributed by atoms with Crippen LogP contribution in [0.15, 0.2) is 5.10 Å². The molecule has 6 N–H and O–H groups in total. The van der Waals surface area contributed by atoms with Crippen molar-refractivity contribution in [3.63, 3.8) is 0 Å². The van der Waals surface area contributed by atoms with Gasteiger partial charge in [-0.25, -0.2) is 4.79 Å². The number of nitrogens with two attached hydrogens (primary N) is 2.